The van der Waals surface area contributed by atoms with Gasteiger partial charge < -0.3 is 9.64 Å². The predicted molar refractivity (Wildman–Crippen MR) is 122 cm³/mol. The molecule has 5 nitrogen and oxygen atoms in total. The van der Waals surface area contributed by atoms with Crippen LogP contribution in [0.3, 0.4) is 0 Å². The van der Waals surface area contributed by atoms with Crippen LogP contribution in [0.5, 0.6) is 0 Å². The normalized spacial score (nSPS) is 13.1. The molecule has 29 heavy (non-hydrogen) atoms. The first kappa shape index (κ1) is 23.6. The molecule has 0 radical (unpaired) electrons. The molecule has 0 spiro atoms. The fourth-order valence-corrected chi connectivity index (χ4v) is 5.02. The predicted octanol–water partition coefficient (Wildman–Crippen LogP) is 4.81. The molecule has 2 aromatic rings. The van der Waals surface area contributed by atoms with Crippen molar-refractivity contribution >= 4 is 26.5 Å². The van der Waals surface area contributed by atoms with Crippen molar-refractivity contribution in [1.29, 1.82) is 0 Å². The molecule has 0 aliphatic heterocycles. The third-order valence-corrected chi connectivity index (χ3v) is 6.42. The molecule has 0 aliphatic carbocycles. The maximum atomic E-state index is 13.2. The molecule has 0 saturated carbocycles. The third-order valence-electron chi connectivity index (χ3n) is 4.67. The van der Waals surface area contributed by atoms with Gasteiger partial charge in [-0.05, 0) is 44.2 Å². The van der Waals surface area contributed by atoms with E-state index in [1.54, 1.807) is 12.1 Å². The zero-order chi connectivity index (χ0) is 21.9. The van der Waals surface area contributed by atoms with Gasteiger partial charge in [-0.3, -0.25) is 0 Å². The number of ether oxygens (including phenoxy) is 1. The van der Waals surface area contributed by atoms with Gasteiger partial charge in [0.1, 0.15) is 0 Å². The van der Waals surface area contributed by atoms with E-state index in [-0.39, 0.29) is 5.41 Å². The summed E-state index contributed by atoms with van der Waals surface area (Å²) in [4.78, 5) is 2.31. The van der Waals surface area contributed by atoms with Crippen LogP contribution in [0, 0.1) is 5.41 Å². The minimum Gasteiger partial charge on any atom is -0.381 e. The quantitative estimate of drug-likeness (QED) is 0.592. The van der Waals surface area contributed by atoms with E-state index in [4.69, 9.17) is 4.74 Å². The molecule has 2 aromatic carbocycles. The summed E-state index contributed by atoms with van der Waals surface area (Å²) in [6.07, 6.45) is 1.50. The van der Waals surface area contributed by atoms with Crippen molar-refractivity contribution in [2.75, 3.05) is 32.2 Å². The minimum atomic E-state index is -3.66. The van der Waals surface area contributed by atoms with Gasteiger partial charge in [-0.25, -0.2) is 13.1 Å². The SMILES string of the molecule is CN(C)c1cccc2c(S(=O)(=O)NC(C)(C)CCCOCC(C)(C)C)cccc12. The second-order valence-corrected chi connectivity index (χ2v) is 11.4. The summed E-state index contributed by atoms with van der Waals surface area (Å²) in [6.45, 7) is 11.6. The van der Waals surface area contributed by atoms with E-state index in [9.17, 15) is 8.42 Å². The number of nitrogens with one attached hydrogen (secondary N) is 1. The second kappa shape index (κ2) is 9.02. The Kier molecular flexibility index (Phi) is 7.36. The highest BCUT2D eigenvalue weighted by Crippen LogP contribution is 2.31. The van der Waals surface area contributed by atoms with Crippen molar-refractivity contribution < 1.29 is 13.2 Å². The molecule has 0 saturated heterocycles. The lowest BCUT2D eigenvalue weighted by Gasteiger charge is -2.27. The zero-order valence-electron chi connectivity index (χ0n) is 18.9. The first-order chi connectivity index (χ1) is 13.3. The van der Waals surface area contributed by atoms with Gasteiger partial charge in [0.2, 0.25) is 10.0 Å². The maximum Gasteiger partial charge on any atom is 0.241 e. The van der Waals surface area contributed by atoms with Crippen molar-refractivity contribution in [2.24, 2.45) is 5.41 Å². The molecule has 2 rings (SSSR count). The lowest BCUT2D eigenvalue weighted by Crippen LogP contribution is -2.43. The van der Waals surface area contributed by atoms with Crippen LogP contribution in [0.15, 0.2) is 41.3 Å². The summed E-state index contributed by atoms with van der Waals surface area (Å²) in [6, 6.07) is 11.2. The van der Waals surface area contributed by atoms with E-state index >= 15 is 0 Å². The molecule has 0 fully saturated rings. The molecule has 162 valence electrons. The van der Waals surface area contributed by atoms with Gasteiger partial charge in [-0.15, -0.1) is 0 Å². The number of hydrogen-bond donors (Lipinski definition) is 1. The van der Waals surface area contributed by atoms with Crippen LogP contribution in [0.4, 0.5) is 5.69 Å². The molecule has 6 heteroatoms. The Balaban J connectivity index is 2.15. The smallest absolute Gasteiger partial charge is 0.241 e. The number of fused-ring (bicyclic) bond motifs is 1. The zero-order valence-corrected chi connectivity index (χ0v) is 19.7. The summed E-state index contributed by atoms with van der Waals surface area (Å²) in [7, 11) is 0.252. The summed E-state index contributed by atoms with van der Waals surface area (Å²) >= 11 is 0. The third kappa shape index (κ3) is 6.69. The molecule has 0 aromatic heterocycles. The summed E-state index contributed by atoms with van der Waals surface area (Å²) in [5.74, 6) is 0. The molecular weight excluding hydrogens is 384 g/mol. The lowest BCUT2D eigenvalue weighted by atomic mass is 9.98. The molecular formula is C23H36N2O3S. The Morgan fingerprint density at radius 2 is 1.59 bits per heavy atom. The molecule has 0 unspecified atom stereocenters. The Morgan fingerprint density at radius 1 is 0.966 bits per heavy atom. The fourth-order valence-electron chi connectivity index (χ4n) is 3.35. The Labute approximate surface area is 176 Å². The first-order valence-electron chi connectivity index (χ1n) is 10.1. The molecule has 0 aliphatic rings. The Morgan fingerprint density at radius 3 is 2.21 bits per heavy atom. The number of rotatable bonds is 9. The number of hydrogen-bond acceptors (Lipinski definition) is 4. The van der Waals surface area contributed by atoms with E-state index in [0.717, 1.165) is 22.9 Å². The van der Waals surface area contributed by atoms with Crippen molar-refractivity contribution in [3.63, 3.8) is 0 Å². The van der Waals surface area contributed by atoms with Crippen LogP contribution >= 0.6 is 0 Å². The van der Waals surface area contributed by atoms with Gasteiger partial charge in [-0.1, -0.05) is 45.0 Å². The van der Waals surface area contributed by atoms with Crippen LogP contribution < -0.4 is 9.62 Å². The number of anilines is 1. The summed E-state index contributed by atoms with van der Waals surface area (Å²) < 4.78 is 35.0. The topological polar surface area (TPSA) is 58.6 Å². The van der Waals surface area contributed by atoms with Crippen LogP contribution in [-0.4, -0.2) is 41.3 Å². The highest BCUT2D eigenvalue weighted by Gasteiger charge is 2.27. The summed E-state index contributed by atoms with van der Waals surface area (Å²) in [5, 5.41) is 1.66. The Bertz CT molecular complexity index is 929. The van der Waals surface area contributed by atoms with Gasteiger partial charge in [0.05, 0.1) is 11.5 Å². The fraction of sp³-hybridized carbons (Fsp3) is 0.565. The average molecular weight is 421 g/mol. The number of nitrogens with zero attached hydrogens (tertiary/aromatic N) is 1. The van der Waals surface area contributed by atoms with E-state index in [1.807, 2.05) is 57.1 Å². The molecule has 0 amide bonds. The van der Waals surface area contributed by atoms with Gasteiger partial charge in [0, 0.05) is 42.7 Å². The Hall–Kier alpha value is -1.63. The van der Waals surface area contributed by atoms with Gasteiger partial charge in [0.25, 0.3) is 0 Å². The largest absolute Gasteiger partial charge is 0.381 e. The van der Waals surface area contributed by atoms with Crippen LogP contribution in [0.1, 0.15) is 47.5 Å². The average Bonchev–Trinajstić information content (AvgIpc) is 2.58. The molecule has 0 bridgehead atoms. The van der Waals surface area contributed by atoms with E-state index in [0.29, 0.717) is 24.5 Å². The van der Waals surface area contributed by atoms with Crippen molar-refractivity contribution in [3.05, 3.63) is 36.4 Å². The maximum absolute atomic E-state index is 13.2. The van der Waals surface area contributed by atoms with Crippen LogP contribution in [0.2, 0.25) is 0 Å². The van der Waals surface area contributed by atoms with Crippen molar-refractivity contribution in [2.45, 2.75) is 57.9 Å². The van der Waals surface area contributed by atoms with E-state index in [1.165, 1.54) is 0 Å². The van der Waals surface area contributed by atoms with Crippen LogP contribution in [-0.2, 0) is 14.8 Å². The van der Waals surface area contributed by atoms with E-state index in [2.05, 4.69) is 25.5 Å². The molecule has 1 N–H and O–H groups in total. The monoisotopic (exact) mass is 420 g/mol. The van der Waals surface area contributed by atoms with Crippen LogP contribution in [0.25, 0.3) is 10.8 Å². The highest BCUT2D eigenvalue weighted by molar-refractivity contribution is 7.89. The van der Waals surface area contributed by atoms with Gasteiger partial charge in [0.15, 0.2) is 0 Å². The minimum absolute atomic E-state index is 0.136. The van der Waals surface area contributed by atoms with Gasteiger partial charge >= 0.3 is 0 Å². The van der Waals surface area contributed by atoms with E-state index < -0.39 is 15.6 Å². The molecule has 0 atom stereocenters. The second-order valence-electron chi connectivity index (χ2n) is 9.73. The van der Waals surface area contributed by atoms with Crippen molar-refractivity contribution in [1.82, 2.24) is 4.72 Å². The highest BCUT2D eigenvalue weighted by atomic mass is 32.2. The number of sulfonamides is 1. The van der Waals surface area contributed by atoms with Crippen molar-refractivity contribution in [3.8, 4) is 0 Å². The number of benzene rings is 2. The molecule has 0 heterocycles. The van der Waals surface area contributed by atoms with Gasteiger partial charge in [-0.2, -0.15) is 0 Å². The lowest BCUT2D eigenvalue weighted by molar-refractivity contribution is 0.0664. The summed E-state index contributed by atoms with van der Waals surface area (Å²) in [5.41, 5.74) is 0.567. The standard InChI is InChI=1S/C23H36N2O3S/c1-22(2,3)17-28-16-10-15-23(4,5)24-29(26,27)21-14-9-11-18-19(21)12-8-13-20(18)25(6)7/h8-9,11-14,24H,10,15-17H2,1-7H3. The first-order valence-corrected chi connectivity index (χ1v) is 11.6.